The lowest BCUT2D eigenvalue weighted by Gasteiger charge is -2.28. The van der Waals surface area contributed by atoms with Crippen molar-refractivity contribution in [3.8, 4) is 16.8 Å². The molecule has 0 saturated heterocycles. The molecule has 7 aromatic carbocycles. The summed E-state index contributed by atoms with van der Waals surface area (Å²) in [6.45, 7) is 19.6. The Labute approximate surface area is 316 Å². The lowest BCUT2D eigenvalue weighted by molar-refractivity contribution is 0.660. The third kappa shape index (κ3) is 5.34. The van der Waals surface area contributed by atoms with Crippen LogP contribution in [0.1, 0.15) is 25.0 Å². The van der Waals surface area contributed by atoms with Crippen LogP contribution in [-0.2, 0) is 5.41 Å². The molecule has 1 heterocycles. The summed E-state index contributed by atoms with van der Waals surface area (Å²) in [5.41, 5.74) is 12.6. The minimum Gasteiger partial charge on any atom is -0.310 e. The Morgan fingerprint density at radius 2 is 0.962 bits per heavy atom. The molecule has 0 fully saturated rings. The van der Waals surface area contributed by atoms with Crippen LogP contribution in [0, 0.1) is 0 Å². The van der Waals surface area contributed by atoms with Crippen LogP contribution in [-0.4, -0.2) is 20.7 Å². The molecular weight excluding hydrogens is 673 g/mol. The minimum atomic E-state index is -1.53. The molecule has 0 radical (unpaired) electrons. The molecule has 0 atom stereocenters. The van der Waals surface area contributed by atoms with Crippen molar-refractivity contribution in [1.82, 2.24) is 4.57 Å². The Hall–Kier alpha value is -5.17. The number of hydrogen-bond acceptors (Lipinski definition) is 1. The lowest BCUT2D eigenvalue weighted by Crippen LogP contribution is -2.37. The van der Waals surface area contributed by atoms with Gasteiger partial charge in [0.2, 0.25) is 0 Å². The van der Waals surface area contributed by atoms with Crippen LogP contribution in [0.2, 0.25) is 39.3 Å². The fourth-order valence-electron chi connectivity index (χ4n) is 8.69. The monoisotopic (exact) mass is 720 g/mol. The first-order valence-corrected chi connectivity index (χ1v) is 26.0. The van der Waals surface area contributed by atoms with E-state index in [-0.39, 0.29) is 5.41 Å². The van der Waals surface area contributed by atoms with Crippen molar-refractivity contribution in [2.45, 2.75) is 58.5 Å². The topological polar surface area (TPSA) is 8.17 Å². The van der Waals surface area contributed by atoms with Gasteiger partial charge in [-0.2, -0.15) is 0 Å². The number of para-hydroxylation sites is 2. The van der Waals surface area contributed by atoms with Gasteiger partial charge < -0.3 is 9.47 Å². The van der Waals surface area contributed by atoms with Gasteiger partial charge in [-0.05, 0) is 82.2 Å². The maximum atomic E-state index is 2.58. The summed E-state index contributed by atoms with van der Waals surface area (Å²) in [5, 5.41) is 8.37. The molecule has 0 bridgehead atoms. The molecule has 53 heavy (non-hydrogen) atoms. The van der Waals surface area contributed by atoms with Crippen molar-refractivity contribution in [2.75, 3.05) is 4.90 Å². The van der Waals surface area contributed by atoms with Crippen LogP contribution in [0.15, 0.2) is 146 Å². The fraction of sp³-hybridized carbons (Fsp3) is 0.184. The highest BCUT2D eigenvalue weighted by atomic mass is 28.3. The molecular formula is C49H48N2Si2. The van der Waals surface area contributed by atoms with Gasteiger partial charge in [-0.25, -0.2) is 0 Å². The fourth-order valence-corrected chi connectivity index (χ4v) is 11.0. The van der Waals surface area contributed by atoms with Crippen LogP contribution in [0.25, 0.3) is 49.4 Å². The van der Waals surface area contributed by atoms with E-state index < -0.39 is 16.1 Å². The third-order valence-corrected chi connectivity index (χ3v) is 15.8. The maximum absolute atomic E-state index is 2.58. The SMILES string of the molecule is CC1(C)c2cc(N(c3ccccc3)c3ccccc3)ccc2-c2c1cc(-n1c3ccc([Si](C)(C)C)cc3c3cc([Si](C)(C)C)ccc31)c1ccccc21. The molecule has 0 aliphatic heterocycles. The Bertz CT molecular complexity index is 2600. The van der Waals surface area contributed by atoms with E-state index in [1.54, 1.807) is 0 Å². The minimum absolute atomic E-state index is 0.215. The van der Waals surface area contributed by atoms with Crippen LogP contribution >= 0.6 is 0 Å². The van der Waals surface area contributed by atoms with Crippen LogP contribution < -0.4 is 15.3 Å². The van der Waals surface area contributed by atoms with Crippen molar-refractivity contribution < 1.29 is 0 Å². The number of rotatable bonds is 6. The first-order valence-electron chi connectivity index (χ1n) is 19.0. The summed E-state index contributed by atoms with van der Waals surface area (Å²) in [7, 11) is -3.06. The zero-order chi connectivity index (χ0) is 36.9. The van der Waals surface area contributed by atoms with Gasteiger partial charge in [0, 0.05) is 38.6 Å². The lowest BCUT2D eigenvalue weighted by atomic mass is 9.81. The molecule has 4 heteroatoms. The summed E-state index contributed by atoms with van der Waals surface area (Å²) in [5.74, 6) is 0. The maximum Gasteiger partial charge on any atom is 0.0776 e. The van der Waals surface area contributed by atoms with Crippen molar-refractivity contribution >= 4 is 76.2 Å². The van der Waals surface area contributed by atoms with Gasteiger partial charge >= 0.3 is 0 Å². The summed E-state index contributed by atoms with van der Waals surface area (Å²) in [6.07, 6.45) is 0. The summed E-state index contributed by atoms with van der Waals surface area (Å²) in [4.78, 5) is 2.38. The number of anilines is 3. The number of aromatic nitrogens is 1. The molecule has 1 aliphatic rings. The van der Waals surface area contributed by atoms with Gasteiger partial charge in [-0.1, -0.05) is 154 Å². The molecule has 8 aromatic rings. The second-order valence-electron chi connectivity index (χ2n) is 17.5. The van der Waals surface area contributed by atoms with E-state index in [1.165, 1.54) is 76.6 Å². The number of nitrogens with zero attached hydrogens (tertiary/aromatic N) is 2. The highest BCUT2D eigenvalue weighted by molar-refractivity contribution is 6.89. The van der Waals surface area contributed by atoms with Crippen LogP contribution in [0.4, 0.5) is 17.1 Å². The van der Waals surface area contributed by atoms with Gasteiger partial charge in [0.1, 0.15) is 0 Å². The van der Waals surface area contributed by atoms with Crippen molar-refractivity contribution in [3.05, 3.63) is 157 Å². The zero-order valence-corrected chi connectivity index (χ0v) is 34.3. The molecule has 0 unspecified atom stereocenters. The summed E-state index contributed by atoms with van der Waals surface area (Å²) in [6, 6.07) is 54.9. The largest absolute Gasteiger partial charge is 0.310 e. The molecule has 0 amide bonds. The van der Waals surface area contributed by atoms with Crippen molar-refractivity contribution in [3.63, 3.8) is 0 Å². The second-order valence-corrected chi connectivity index (χ2v) is 27.7. The Morgan fingerprint density at radius 1 is 0.453 bits per heavy atom. The smallest absolute Gasteiger partial charge is 0.0776 e. The molecule has 262 valence electrons. The quantitative estimate of drug-likeness (QED) is 0.155. The molecule has 2 nitrogen and oxygen atoms in total. The van der Waals surface area contributed by atoms with Crippen molar-refractivity contribution in [1.29, 1.82) is 0 Å². The third-order valence-electron chi connectivity index (χ3n) is 11.7. The molecule has 1 aliphatic carbocycles. The van der Waals surface area contributed by atoms with Gasteiger partial charge in [0.05, 0.1) is 32.9 Å². The van der Waals surface area contributed by atoms with Crippen molar-refractivity contribution in [2.24, 2.45) is 0 Å². The molecule has 0 spiro atoms. The zero-order valence-electron chi connectivity index (χ0n) is 32.3. The average molecular weight is 721 g/mol. The first kappa shape index (κ1) is 33.7. The van der Waals surface area contributed by atoms with E-state index in [0.717, 1.165) is 11.4 Å². The van der Waals surface area contributed by atoms with E-state index in [4.69, 9.17) is 0 Å². The normalized spacial score (nSPS) is 13.8. The van der Waals surface area contributed by atoms with Gasteiger partial charge in [-0.3, -0.25) is 0 Å². The second kappa shape index (κ2) is 11.9. The predicted molar refractivity (Wildman–Crippen MR) is 236 cm³/mol. The molecule has 0 N–H and O–H groups in total. The van der Waals surface area contributed by atoms with E-state index in [2.05, 4.69) is 208 Å². The Morgan fingerprint density at radius 3 is 1.49 bits per heavy atom. The van der Waals surface area contributed by atoms with Gasteiger partial charge in [0.15, 0.2) is 0 Å². The van der Waals surface area contributed by atoms with Crippen LogP contribution in [0.3, 0.4) is 0 Å². The van der Waals surface area contributed by atoms with E-state index >= 15 is 0 Å². The molecule has 1 aromatic heterocycles. The number of fused-ring (bicyclic) bond motifs is 8. The van der Waals surface area contributed by atoms with E-state index in [0.29, 0.717) is 0 Å². The Balaban J connectivity index is 1.30. The average Bonchev–Trinajstić information content (AvgIpc) is 3.59. The van der Waals surface area contributed by atoms with E-state index in [1.807, 2.05) is 0 Å². The number of benzene rings is 7. The summed E-state index contributed by atoms with van der Waals surface area (Å²) < 4.78 is 2.58. The first-order chi connectivity index (χ1) is 25.3. The van der Waals surface area contributed by atoms with Crippen LogP contribution in [0.5, 0.6) is 0 Å². The highest BCUT2D eigenvalue weighted by Gasteiger charge is 2.38. The highest BCUT2D eigenvalue weighted by Crippen LogP contribution is 2.54. The summed E-state index contributed by atoms with van der Waals surface area (Å²) >= 11 is 0. The molecule has 9 rings (SSSR count). The molecule has 0 saturated carbocycles. The standard InChI is InChI=1S/C49H48N2Si2/c1-49(2)43-29-35(50(33-17-11-9-12-18-33)34-19-13-10-14-20-34)23-26-40(43)48-39-22-16-15-21-38(39)47(32-44(48)49)51-45-27-24-36(52(3,4)5)30-41(45)42-31-37(53(6,7)8)25-28-46(42)51/h9-32H,1-8H3. The van der Waals surface area contributed by atoms with E-state index in [9.17, 15) is 0 Å². The van der Waals surface area contributed by atoms with Gasteiger partial charge in [0.25, 0.3) is 0 Å². The van der Waals surface area contributed by atoms with Gasteiger partial charge in [-0.15, -0.1) is 0 Å². The number of hydrogen-bond donors (Lipinski definition) is 0. The predicted octanol–water partition coefficient (Wildman–Crippen LogP) is 12.8. The Kier molecular flexibility index (Phi) is 7.57.